The van der Waals surface area contributed by atoms with E-state index < -0.39 is 0 Å². The average Bonchev–Trinajstić information content (AvgIpc) is 3.15. The number of rotatable bonds is 5. The van der Waals surface area contributed by atoms with Crippen LogP contribution in [0.1, 0.15) is 27.0 Å². The van der Waals surface area contributed by atoms with Crippen LogP contribution in [0.3, 0.4) is 0 Å². The Morgan fingerprint density at radius 3 is 2.38 bits per heavy atom. The summed E-state index contributed by atoms with van der Waals surface area (Å²) < 4.78 is 6.30. The number of thiazole rings is 1. The lowest BCUT2D eigenvalue weighted by Crippen LogP contribution is -2.30. The lowest BCUT2D eigenvalue weighted by atomic mass is 10.1. The summed E-state index contributed by atoms with van der Waals surface area (Å²) >= 11 is 1.55. The number of amides is 1. The molecule has 0 aliphatic heterocycles. The highest BCUT2D eigenvalue weighted by molar-refractivity contribution is 7.22. The van der Waals surface area contributed by atoms with Crippen molar-refractivity contribution in [2.24, 2.45) is 0 Å². The van der Waals surface area contributed by atoms with Crippen molar-refractivity contribution in [2.75, 3.05) is 12.0 Å². The molecule has 1 amide bonds. The molecule has 5 heteroatoms. The maximum atomic E-state index is 13.4. The van der Waals surface area contributed by atoms with Gasteiger partial charge in [-0.1, -0.05) is 41.7 Å². The molecule has 1 heterocycles. The van der Waals surface area contributed by atoms with Crippen LogP contribution in [0.15, 0.2) is 66.7 Å². The molecule has 0 aliphatic carbocycles. The minimum absolute atomic E-state index is 0.0796. The van der Waals surface area contributed by atoms with Gasteiger partial charge in [0.1, 0.15) is 5.75 Å². The fourth-order valence-corrected chi connectivity index (χ4v) is 4.21. The Bertz CT molecular complexity index is 1110. The molecule has 0 radical (unpaired) electrons. The summed E-state index contributed by atoms with van der Waals surface area (Å²) in [4.78, 5) is 20.0. The molecule has 146 valence electrons. The summed E-state index contributed by atoms with van der Waals surface area (Å²) in [6.45, 7) is 4.64. The van der Waals surface area contributed by atoms with Crippen molar-refractivity contribution in [3.63, 3.8) is 0 Å². The van der Waals surface area contributed by atoms with Gasteiger partial charge in [0.25, 0.3) is 5.91 Å². The van der Waals surface area contributed by atoms with Gasteiger partial charge in [-0.3, -0.25) is 9.69 Å². The number of carbonyl (C=O) groups excluding carboxylic acids is 1. The Kier molecular flexibility index (Phi) is 5.32. The zero-order valence-electron chi connectivity index (χ0n) is 16.7. The van der Waals surface area contributed by atoms with Crippen LogP contribution < -0.4 is 9.64 Å². The number of aryl methyl sites for hydroxylation is 2. The molecule has 0 saturated carbocycles. The number of fused-ring (bicyclic) bond motifs is 1. The average molecular weight is 403 g/mol. The third-order valence-electron chi connectivity index (χ3n) is 4.99. The van der Waals surface area contributed by atoms with Crippen LogP contribution in [0.5, 0.6) is 5.75 Å². The molecular formula is C24H22N2O2S. The van der Waals surface area contributed by atoms with Crippen molar-refractivity contribution in [1.82, 2.24) is 4.98 Å². The van der Waals surface area contributed by atoms with E-state index in [0.29, 0.717) is 17.2 Å². The molecule has 0 unspecified atom stereocenters. The predicted octanol–water partition coefficient (Wildman–Crippen LogP) is 5.77. The van der Waals surface area contributed by atoms with Crippen molar-refractivity contribution < 1.29 is 9.53 Å². The second-order valence-corrected chi connectivity index (χ2v) is 8.02. The summed E-state index contributed by atoms with van der Waals surface area (Å²) in [6, 6.07) is 21.4. The van der Waals surface area contributed by atoms with Gasteiger partial charge in [-0.15, -0.1) is 0 Å². The first kappa shape index (κ1) is 19.2. The number of aromatic nitrogens is 1. The topological polar surface area (TPSA) is 42.4 Å². The smallest absolute Gasteiger partial charge is 0.260 e. The van der Waals surface area contributed by atoms with E-state index >= 15 is 0 Å². The number of hydrogen-bond acceptors (Lipinski definition) is 4. The zero-order chi connectivity index (χ0) is 20.4. The molecule has 0 spiro atoms. The fourth-order valence-electron chi connectivity index (χ4n) is 3.16. The van der Waals surface area contributed by atoms with Crippen molar-refractivity contribution >= 4 is 32.6 Å². The molecule has 29 heavy (non-hydrogen) atoms. The molecule has 4 nitrogen and oxygen atoms in total. The van der Waals surface area contributed by atoms with Gasteiger partial charge >= 0.3 is 0 Å². The van der Waals surface area contributed by atoms with E-state index in [9.17, 15) is 4.79 Å². The van der Waals surface area contributed by atoms with E-state index in [4.69, 9.17) is 9.72 Å². The number of nitrogens with zero attached hydrogens (tertiary/aromatic N) is 2. The summed E-state index contributed by atoms with van der Waals surface area (Å²) in [7, 11) is 1.61. The fraction of sp³-hybridized carbons (Fsp3) is 0.167. The third kappa shape index (κ3) is 4.00. The number of anilines is 1. The summed E-state index contributed by atoms with van der Waals surface area (Å²) in [5, 5.41) is 0.703. The second-order valence-electron chi connectivity index (χ2n) is 7.01. The number of benzene rings is 3. The predicted molar refractivity (Wildman–Crippen MR) is 119 cm³/mol. The molecule has 1 aromatic heterocycles. The largest absolute Gasteiger partial charge is 0.497 e. The lowest BCUT2D eigenvalue weighted by Gasteiger charge is -2.20. The highest BCUT2D eigenvalue weighted by atomic mass is 32.1. The van der Waals surface area contributed by atoms with Gasteiger partial charge in [0.2, 0.25) is 0 Å². The van der Waals surface area contributed by atoms with E-state index in [0.717, 1.165) is 21.5 Å². The van der Waals surface area contributed by atoms with Crippen LogP contribution in [0.2, 0.25) is 0 Å². The molecule has 0 atom stereocenters. The maximum absolute atomic E-state index is 13.4. The number of ether oxygens (including phenoxy) is 1. The van der Waals surface area contributed by atoms with Gasteiger partial charge in [0.15, 0.2) is 5.13 Å². The molecule has 0 saturated heterocycles. The summed E-state index contributed by atoms with van der Waals surface area (Å²) in [6.07, 6.45) is 0. The van der Waals surface area contributed by atoms with E-state index in [1.165, 1.54) is 11.1 Å². The first-order valence-corrected chi connectivity index (χ1v) is 10.2. The molecule has 0 bridgehead atoms. The lowest BCUT2D eigenvalue weighted by molar-refractivity contribution is 0.0985. The molecule has 0 N–H and O–H groups in total. The third-order valence-corrected chi connectivity index (χ3v) is 6.03. The molecule has 0 aliphatic rings. The van der Waals surface area contributed by atoms with Crippen LogP contribution in [0.25, 0.3) is 10.2 Å². The maximum Gasteiger partial charge on any atom is 0.260 e. The standard InChI is InChI=1S/C24H22N2O2S/c1-16-13-21-22(14-17(16)2)29-24(25-21)26(15-18-7-5-4-6-8-18)23(27)19-9-11-20(28-3)12-10-19/h4-14H,15H2,1-3H3. The van der Waals surface area contributed by atoms with E-state index in [-0.39, 0.29) is 5.91 Å². The first-order chi connectivity index (χ1) is 14.0. The molecule has 0 fully saturated rings. The van der Waals surface area contributed by atoms with Gasteiger partial charge in [-0.05, 0) is 66.9 Å². The monoisotopic (exact) mass is 402 g/mol. The van der Waals surface area contributed by atoms with Crippen molar-refractivity contribution in [3.05, 3.63) is 89.0 Å². The normalized spacial score (nSPS) is 10.9. The van der Waals surface area contributed by atoms with Crippen LogP contribution in [-0.4, -0.2) is 18.0 Å². The highest BCUT2D eigenvalue weighted by Crippen LogP contribution is 2.32. The van der Waals surface area contributed by atoms with Crippen molar-refractivity contribution in [3.8, 4) is 5.75 Å². The molecule has 3 aromatic carbocycles. The van der Waals surface area contributed by atoms with Gasteiger partial charge in [-0.25, -0.2) is 4.98 Å². The van der Waals surface area contributed by atoms with E-state index in [2.05, 4.69) is 26.0 Å². The van der Waals surface area contributed by atoms with Gasteiger partial charge in [0.05, 0.1) is 23.9 Å². The molecule has 4 rings (SSSR count). The summed E-state index contributed by atoms with van der Waals surface area (Å²) in [5.74, 6) is 0.645. The zero-order valence-corrected chi connectivity index (χ0v) is 17.5. The van der Waals surface area contributed by atoms with Crippen LogP contribution >= 0.6 is 11.3 Å². The molecular weight excluding hydrogens is 380 g/mol. The Morgan fingerprint density at radius 2 is 1.69 bits per heavy atom. The minimum Gasteiger partial charge on any atom is -0.497 e. The Hall–Kier alpha value is -3.18. The minimum atomic E-state index is -0.0796. The summed E-state index contributed by atoms with van der Waals surface area (Å²) in [5.41, 5.74) is 5.01. The van der Waals surface area contributed by atoms with Crippen molar-refractivity contribution in [1.29, 1.82) is 0 Å². The van der Waals surface area contributed by atoms with Crippen LogP contribution in [0, 0.1) is 13.8 Å². The van der Waals surface area contributed by atoms with E-state index in [1.807, 2.05) is 30.3 Å². The van der Waals surface area contributed by atoms with Crippen LogP contribution in [-0.2, 0) is 6.54 Å². The number of hydrogen-bond donors (Lipinski definition) is 0. The Labute approximate surface area is 174 Å². The van der Waals surface area contributed by atoms with E-state index in [1.54, 1.807) is 47.6 Å². The molecule has 4 aromatic rings. The SMILES string of the molecule is COc1ccc(C(=O)N(Cc2ccccc2)c2nc3cc(C)c(C)cc3s2)cc1. The quantitative estimate of drug-likeness (QED) is 0.426. The Balaban J connectivity index is 1.76. The van der Waals surface area contributed by atoms with Gasteiger partial charge in [0, 0.05) is 5.56 Å². The van der Waals surface area contributed by atoms with Crippen molar-refractivity contribution in [2.45, 2.75) is 20.4 Å². The Morgan fingerprint density at radius 1 is 1.00 bits per heavy atom. The van der Waals surface area contributed by atoms with Crippen LogP contribution in [0.4, 0.5) is 5.13 Å². The second kappa shape index (κ2) is 8.05. The van der Waals surface area contributed by atoms with Gasteiger partial charge in [-0.2, -0.15) is 0 Å². The number of carbonyl (C=O) groups is 1. The first-order valence-electron chi connectivity index (χ1n) is 9.43. The number of methoxy groups -OCH3 is 1. The van der Waals surface area contributed by atoms with Gasteiger partial charge < -0.3 is 4.74 Å². The highest BCUT2D eigenvalue weighted by Gasteiger charge is 2.22.